The van der Waals surface area contributed by atoms with Crippen molar-refractivity contribution < 1.29 is 13.2 Å². The molecule has 0 saturated carbocycles. The van der Waals surface area contributed by atoms with Crippen LogP contribution in [-0.4, -0.2) is 37.8 Å². The van der Waals surface area contributed by atoms with Gasteiger partial charge in [0, 0.05) is 24.7 Å². The molecule has 4 rings (SSSR count). The van der Waals surface area contributed by atoms with Gasteiger partial charge in [0.15, 0.2) is 0 Å². The highest BCUT2D eigenvalue weighted by atomic mass is 32.2. The molecule has 1 fully saturated rings. The van der Waals surface area contributed by atoms with Crippen LogP contribution in [0.2, 0.25) is 0 Å². The summed E-state index contributed by atoms with van der Waals surface area (Å²) in [5.74, 6) is -0.126. The van der Waals surface area contributed by atoms with E-state index in [1.54, 1.807) is 12.1 Å². The lowest BCUT2D eigenvalue weighted by Gasteiger charge is -2.31. The van der Waals surface area contributed by atoms with E-state index in [0.29, 0.717) is 36.4 Å². The van der Waals surface area contributed by atoms with Gasteiger partial charge in [-0.2, -0.15) is 4.31 Å². The Morgan fingerprint density at radius 2 is 1.42 bits per heavy atom. The molecule has 31 heavy (non-hydrogen) atoms. The highest BCUT2D eigenvalue weighted by molar-refractivity contribution is 7.89. The van der Waals surface area contributed by atoms with E-state index in [0.717, 1.165) is 16.7 Å². The quantitative estimate of drug-likeness (QED) is 0.653. The molecule has 6 heteroatoms. The number of rotatable bonds is 5. The number of hydrogen-bond acceptors (Lipinski definition) is 3. The van der Waals surface area contributed by atoms with Gasteiger partial charge in [-0.05, 0) is 55.2 Å². The number of carbonyl (C=O) groups is 1. The lowest BCUT2D eigenvalue weighted by atomic mass is 10.0. The van der Waals surface area contributed by atoms with Gasteiger partial charge in [-0.1, -0.05) is 60.2 Å². The maximum absolute atomic E-state index is 12.8. The Morgan fingerprint density at radius 3 is 2.03 bits per heavy atom. The fourth-order valence-electron chi connectivity index (χ4n) is 3.81. The minimum absolute atomic E-state index is 0.0363. The fourth-order valence-corrected chi connectivity index (χ4v) is 5.28. The van der Waals surface area contributed by atoms with Crippen molar-refractivity contribution in [1.82, 2.24) is 9.62 Å². The lowest BCUT2D eigenvalue weighted by molar-refractivity contribution is 0.0924. The summed E-state index contributed by atoms with van der Waals surface area (Å²) < 4.78 is 27.2. The van der Waals surface area contributed by atoms with Crippen LogP contribution in [0.25, 0.3) is 11.1 Å². The van der Waals surface area contributed by atoms with Crippen LogP contribution in [0.1, 0.15) is 28.8 Å². The third-order valence-electron chi connectivity index (χ3n) is 5.70. The molecule has 1 aliphatic heterocycles. The Labute approximate surface area is 183 Å². The van der Waals surface area contributed by atoms with E-state index in [9.17, 15) is 13.2 Å². The minimum Gasteiger partial charge on any atom is -0.349 e. The third kappa shape index (κ3) is 4.86. The Morgan fingerprint density at radius 1 is 0.839 bits per heavy atom. The van der Waals surface area contributed by atoms with Gasteiger partial charge >= 0.3 is 0 Å². The number of piperidine rings is 1. The minimum atomic E-state index is -3.49. The van der Waals surface area contributed by atoms with Gasteiger partial charge in [0.05, 0.1) is 4.90 Å². The van der Waals surface area contributed by atoms with Gasteiger partial charge in [0.1, 0.15) is 0 Å². The molecule has 1 amide bonds. The number of nitrogens with one attached hydrogen (secondary N) is 1. The average molecular weight is 435 g/mol. The highest BCUT2D eigenvalue weighted by Gasteiger charge is 2.30. The second-order valence-electron chi connectivity index (χ2n) is 7.91. The van der Waals surface area contributed by atoms with E-state index in [-0.39, 0.29) is 11.9 Å². The Hall–Kier alpha value is -2.96. The lowest BCUT2D eigenvalue weighted by Crippen LogP contribution is -2.46. The third-order valence-corrected chi connectivity index (χ3v) is 7.61. The van der Waals surface area contributed by atoms with E-state index in [2.05, 4.69) is 5.32 Å². The van der Waals surface area contributed by atoms with Crippen LogP contribution in [0, 0.1) is 6.92 Å². The SMILES string of the molecule is Cc1ccc(S(=O)(=O)N2CCC(NC(=O)c3ccc(-c4ccccc4)cc3)CC2)cc1. The van der Waals surface area contributed by atoms with E-state index < -0.39 is 10.0 Å². The van der Waals surface area contributed by atoms with Crippen molar-refractivity contribution in [3.05, 3.63) is 90.0 Å². The van der Waals surface area contributed by atoms with Crippen molar-refractivity contribution >= 4 is 15.9 Å². The summed E-state index contributed by atoms with van der Waals surface area (Å²) in [7, 11) is -3.49. The predicted molar refractivity (Wildman–Crippen MR) is 122 cm³/mol. The van der Waals surface area contributed by atoms with Gasteiger partial charge in [-0.25, -0.2) is 8.42 Å². The van der Waals surface area contributed by atoms with Crippen LogP contribution in [0.15, 0.2) is 83.8 Å². The molecule has 1 N–H and O–H groups in total. The monoisotopic (exact) mass is 434 g/mol. The molecule has 0 unspecified atom stereocenters. The topological polar surface area (TPSA) is 66.5 Å². The number of sulfonamides is 1. The molecule has 0 spiro atoms. The van der Waals surface area contributed by atoms with E-state index in [1.807, 2.05) is 73.7 Å². The first-order valence-electron chi connectivity index (χ1n) is 10.5. The maximum atomic E-state index is 12.8. The van der Waals surface area contributed by atoms with Crippen LogP contribution >= 0.6 is 0 Å². The van der Waals surface area contributed by atoms with E-state index in [4.69, 9.17) is 0 Å². The van der Waals surface area contributed by atoms with Crippen molar-refractivity contribution in [1.29, 1.82) is 0 Å². The first-order chi connectivity index (χ1) is 14.9. The van der Waals surface area contributed by atoms with Gasteiger partial charge in [-0.3, -0.25) is 4.79 Å². The summed E-state index contributed by atoms with van der Waals surface area (Å²) >= 11 is 0. The van der Waals surface area contributed by atoms with Crippen LogP contribution in [0.4, 0.5) is 0 Å². The molecule has 3 aromatic carbocycles. The molecular weight excluding hydrogens is 408 g/mol. The molecule has 0 aliphatic carbocycles. The summed E-state index contributed by atoms with van der Waals surface area (Å²) in [6.45, 7) is 2.72. The number of amides is 1. The van der Waals surface area contributed by atoms with Gasteiger partial charge in [-0.15, -0.1) is 0 Å². The summed E-state index contributed by atoms with van der Waals surface area (Å²) in [5, 5.41) is 3.05. The summed E-state index contributed by atoms with van der Waals surface area (Å²) in [6.07, 6.45) is 1.19. The van der Waals surface area contributed by atoms with Crippen LogP contribution < -0.4 is 5.32 Å². The summed E-state index contributed by atoms with van der Waals surface area (Å²) in [5.41, 5.74) is 3.80. The van der Waals surface area contributed by atoms with Crippen molar-refractivity contribution in [3.8, 4) is 11.1 Å². The molecular formula is C25H26N2O3S. The fraction of sp³-hybridized carbons (Fsp3) is 0.240. The molecule has 0 aromatic heterocycles. The summed E-state index contributed by atoms with van der Waals surface area (Å²) in [4.78, 5) is 13.0. The number of hydrogen-bond donors (Lipinski definition) is 1. The summed E-state index contributed by atoms with van der Waals surface area (Å²) in [6, 6.07) is 24.4. The Bertz CT molecular complexity index is 1130. The van der Waals surface area contributed by atoms with Crippen molar-refractivity contribution in [2.24, 2.45) is 0 Å². The zero-order valence-corrected chi connectivity index (χ0v) is 18.3. The first kappa shape index (κ1) is 21.3. The number of aryl methyl sites for hydroxylation is 1. The molecule has 1 saturated heterocycles. The molecule has 0 atom stereocenters. The molecule has 1 aliphatic rings. The van der Waals surface area contributed by atoms with Crippen LogP contribution in [-0.2, 0) is 10.0 Å². The predicted octanol–water partition coefficient (Wildman–Crippen LogP) is 4.25. The van der Waals surface area contributed by atoms with Crippen molar-refractivity contribution in [2.45, 2.75) is 30.7 Å². The van der Waals surface area contributed by atoms with Gasteiger partial charge in [0.25, 0.3) is 5.91 Å². The van der Waals surface area contributed by atoms with E-state index in [1.165, 1.54) is 4.31 Å². The highest BCUT2D eigenvalue weighted by Crippen LogP contribution is 2.22. The second kappa shape index (κ2) is 9.04. The Balaban J connectivity index is 1.34. The molecule has 160 valence electrons. The normalized spacial score (nSPS) is 15.5. The zero-order valence-electron chi connectivity index (χ0n) is 17.5. The largest absolute Gasteiger partial charge is 0.349 e. The zero-order chi connectivity index (χ0) is 21.8. The van der Waals surface area contributed by atoms with Gasteiger partial charge < -0.3 is 5.32 Å². The number of nitrogens with zero attached hydrogens (tertiary/aromatic N) is 1. The van der Waals surface area contributed by atoms with Crippen molar-refractivity contribution in [2.75, 3.05) is 13.1 Å². The van der Waals surface area contributed by atoms with E-state index >= 15 is 0 Å². The maximum Gasteiger partial charge on any atom is 0.251 e. The molecule has 1 heterocycles. The molecule has 3 aromatic rings. The standard InChI is InChI=1S/C25H26N2O3S/c1-19-7-13-24(14-8-19)31(29,30)27-17-15-23(16-18-27)26-25(28)22-11-9-21(10-12-22)20-5-3-2-4-6-20/h2-14,23H,15-18H2,1H3,(H,26,28). The van der Waals surface area contributed by atoms with Crippen LogP contribution in [0.5, 0.6) is 0 Å². The smallest absolute Gasteiger partial charge is 0.251 e. The Kier molecular flexibility index (Phi) is 6.20. The first-order valence-corrected chi connectivity index (χ1v) is 11.9. The molecule has 0 radical (unpaired) electrons. The molecule has 0 bridgehead atoms. The van der Waals surface area contributed by atoms with Crippen molar-refractivity contribution in [3.63, 3.8) is 0 Å². The van der Waals surface area contributed by atoms with Gasteiger partial charge in [0.2, 0.25) is 10.0 Å². The number of benzene rings is 3. The van der Waals surface area contributed by atoms with Crippen LogP contribution in [0.3, 0.4) is 0 Å². The average Bonchev–Trinajstić information content (AvgIpc) is 2.80. The molecule has 5 nitrogen and oxygen atoms in total. The number of carbonyl (C=O) groups excluding carboxylic acids is 1. The second-order valence-corrected chi connectivity index (χ2v) is 9.85.